The molecule has 0 saturated heterocycles. The number of aliphatic hydroxyl groups excluding tert-OH is 1. The highest BCUT2D eigenvalue weighted by Gasteiger charge is 2.20. The average Bonchev–Trinajstić information content (AvgIpc) is 2.88. The standard InChI is InChI=1S/C8H7BrO2S.C8H7BrOS/c9-6-1-3-7(4-2-6)12-5-8(10)11;9-5-1-2-8-6(3-5)7(10)4-11-8/h1-4H,5H2,(H,10,11);1-3,7,10H,4H2. The van der Waals surface area contributed by atoms with Crippen molar-refractivity contribution in [3.8, 4) is 0 Å². The number of carboxylic acids is 1. The molecule has 1 atom stereocenters. The second-order valence-electron chi connectivity index (χ2n) is 4.65. The molecule has 0 radical (unpaired) electrons. The van der Waals surface area contributed by atoms with E-state index in [0.717, 1.165) is 25.2 Å². The fraction of sp³-hybridized carbons (Fsp3) is 0.188. The van der Waals surface area contributed by atoms with E-state index in [1.54, 1.807) is 11.8 Å². The van der Waals surface area contributed by atoms with Crippen LogP contribution in [0.3, 0.4) is 0 Å². The highest BCUT2D eigenvalue weighted by molar-refractivity contribution is 9.10. The Labute approximate surface area is 160 Å². The normalized spacial score (nSPS) is 15.5. The fourth-order valence-corrected chi connectivity index (χ4v) is 4.15. The maximum absolute atomic E-state index is 10.2. The van der Waals surface area contributed by atoms with E-state index in [1.807, 2.05) is 42.5 Å². The molecule has 3 nitrogen and oxygen atoms in total. The van der Waals surface area contributed by atoms with Crippen molar-refractivity contribution in [1.29, 1.82) is 0 Å². The quantitative estimate of drug-likeness (QED) is 0.594. The number of aliphatic carboxylic acids is 1. The van der Waals surface area contributed by atoms with E-state index < -0.39 is 5.97 Å². The summed E-state index contributed by atoms with van der Waals surface area (Å²) in [5.41, 5.74) is 1.06. The van der Waals surface area contributed by atoms with E-state index in [2.05, 4.69) is 31.9 Å². The van der Waals surface area contributed by atoms with Crippen LogP contribution in [0.2, 0.25) is 0 Å². The lowest BCUT2D eigenvalue weighted by molar-refractivity contribution is -0.133. The molecule has 2 aromatic rings. The van der Waals surface area contributed by atoms with Crippen LogP contribution in [-0.2, 0) is 4.79 Å². The Morgan fingerprint density at radius 1 is 1.17 bits per heavy atom. The first-order valence-corrected chi connectivity index (χ1v) is 10.2. The van der Waals surface area contributed by atoms with Crippen LogP contribution in [0.15, 0.2) is 61.2 Å². The third-order valence-electron chi connectivity index (χ3n) is 2.90. The van der Waals surface area contributed by atoms with Crippen LogP contribution in [-0.4, -0.2) is 27.7 Å². The van der Waals surface area contributed by atoms with Crippen LogP contribution < -0.4 is 0 Å². The molecule has 0 bridgehead atoms. The van der Waals surface area contributed by atoms with Gasteiger partial charge in [-0.2, -0.15) is 0 Å². The van der Waals surface area contributed by atoms with Crippen molar-refractivity contribution in [2.75, 3.05) is 11.5 Å². The molecule has 7 heteroatoms. The molecular formula is C16H14Br2O3S2. The smallest absolute Gasteiger partial charge is 0.313 e. The van der Waals surface area contributed by atoms with Gasteiger partial charge in [-0.15, -0.1) is 23.5 Å². The second kappa shape index (κ2) is 9.13. The van der Waals surface area contributed by atoms with E-state index in [9.17, 15) is 9.90 Å². The minimum atomic E-state index is -0.789. The van der Waals surface area contributed by atoms with Gasteiger partial charge in [0.1, 0.15) is 0 Å². The number of carbonyl (C=O) groups is 1. The molecule has 122 valence electrons. The molecule has 3 rings (SSSR count). The van der Waals surface area contributed by atoms with Crippen LogP contribution in [0.1, 0.15) is 11.7 Å². The first-order valence-electron chi connectivity index (χ1n) is 6.66. The molecule has 23 heavy (non-hydrogen) atoms. The Balaban J connectivity index is 0.000000167. The summed E-state index contributed by atoms with van der Waals surface area (Å²) in [6.45, 7) is 0. The predicted molar refractivity (Wildman–Crippen MR) is 102 cm³/mol. The molecule has 2 aromatic carbocycles. The summed E-state index contributed by atoms with van der Waals surface area (Å²) >= 11 is 9.70. The molecule has 1 unspecified atom stereocenters. The third-order valence-corrected chi connectivity index (χ3v) is 6.09. The zero-order valence-electron chi connectivity index (χ0n) is 11.9. The summed E-state index contributed by atoms with van der Waals surface area (Å²) in [5, 5.41) is 17.9. The van der Waals surface area contributed by atoms with Crippen LogP contribution in [0.5, 0.6) is 0 Å². The van der Waals surface area contributed by atoms with E-state index in [-0.39, 0.29) is 11.9 Å². The summed E-state index contributed by atoms with van der Waals surface area (Å²) in [6, 6.07) is 13.6. The lowest BCUT2D eigenvalue weighted by Crippen LogP contribution is -1.96. The van der Waals surface area contributed by atoms with Crippen molar-refractivity contribution in [2.45, 2.75) is 15.9 Å². The second-order valence-corrected chi connectivity index (χ2v) is 8.59. The van der Waals surface area contributed by atoms with Crippen molar-refractivity contribution < 1.29 is 15.0 Å². The molecule has 0 saturated carbocycles. The van der Waals surface area contributed by atoms with Gasteiger partial charge in [-0.1, -0.05) is 31.9 Å². The number of halogens is 2. The van der Waals surface area contributed by atoms with Gasteiger partial charge in [-0.25, -0.2) is 0 Å². The van der Waals surface area contributed by atoms with Gasteiger partial charge in [0.05, 0.1) is 11.9 Å². The van der Waals surface area contributed by atoms with Gasteiger partial charge < -0.3 is 10.2 Å². The van der Waals surface area contributed by atoms with Crippen LogP contribution in [0.4, 0.5) is 0 Å². The molecule has 0 amide bonds. The Morgan fingerprint density at radius 2 is 1.83 bits per heavy atom. The molecule has 1 heterocycles. The molecule has 0 fully saturated rings. The van der Waals surface area contributed by atoms with Gasteiger partial charge in [-0.3, -0.25) is 4.79 Å². The lowest BCUT2D eigenvalue weighted by Gasteiger charge is -2.01. The maximum Gasteiger partial charge on any atom is 0.313 e. The zero-order chi connectivity index (χ0) is 16.8. The van der Waals surface area contributed by atoms with Crippen molar-refractivity contribution in [3.05, 3.63) is 57.0 Å². The summed E-state index contributed by atoms with van der Waals surface area (Å²) in [5.74, 6) is 0.121. The maximum atomic E-state index is 10.2. The Morgan fingerprint density at radius 3 is 2.48 bits per heavy atom. The largest absolute Gasteiger partial charge is 0.481 e. The molecule has 1 aliphatic heterocycles. The van der Waals surface area contributed by atoms with Gasteiger partial charge in [0.2, 0.25) is 0 Å². The molecule has 1 aliphatic rings. The fourth-order valence-electron chi connectivity index (χ4n) is 1.85. The number of rotatable bonds is 3. The number of fused-ring (bicyclic) bond motifs is 1. The molecule has 0 aromatic heterocycles. The molecular weight excluding hydrogens is 464 g/mol. The van der Waals surface area contributed by atoms with Crippen LogP contribution in [0, 0.1) is 0 Å². The SMILES string of the molecule is O=C(O)CSc1ccc(Br)cc1.OC1CSc2ccc(Br)cc21. The van der Waals surface area contributed by atoms with E-state index >= 15 is 0 Å². The van der Waals surface area contributed by atoms with Gasteiger partial charge >= 0.3 is 5.97 Å². The summed E-state index contributed by atoms with van der Waals surface area (Å²) in [7, 11) is 0. The average molecular weight is 478 g/mol. The zero-order valence-corrected chi connectivity index (χ0v) is 16.7. The van der Waals surface area contributed by atoms with E-state index in [0.29, 0.717) is 0 Å². The van der Waals surface area contributed by atoms with Crippen molar-refractivity contribution in [1.82, 2.24) is 0 Å². The number of benzene rings is 2. The van der Waals surface area contributed by atoms with Gasteiger partial charge in [0.15, 0.2) is 0 Å². The number of thioether (sulfide) groups is 2. The van der Waals surface area contributed by atoms with Crippen LogP contribution >= 0.6 is 55.4 Å². The number of hydrogen-bond donors (Lipinski definition) is 2. The van der Waals surface area contributed by atoms with Crippen LogP contribution in [0.25, 0.3) is 0 Å². The molecule has 0 aliphatic carbocycles. The Kier molecular flexibility index (Phi) is 7.49. The monoisotopic (exact) mass is 476 g/mol. The summed E-state index contributed by atoms with van der Waals surface area (Å²) in [6.07, 6.45) is -0.271. The molecule has 2 N–H and O–H groups in total. The predicted octanol–water partition coefficient (Wildman–Crippen LogP) is 5.21. The third kappa shape index (κ3) is 6.15. The Hall–Kier alpha value is -0.470. The number of aliphatic hydroxyl groups is 1. The summed E-state index contributed by atoms with van der Waals surface area (Å²) < 4.78 is 2.04. The van der Waals surface area contributed by atoms with Gasteiger partial charge in [0.25, 0.3) is 0 Å². The summed E-state index contributed by atoms with van der Waals surface area (Å²) in [4.78, 5) is 12.4. The van der Waals surface area contributed by atoms with Gasteiger partial charge in [0, 0.05) is 24.5 Å². The van der Waals surface area contributed by atoms with Crippen molar-refractivity contribution in [3.63, 3.8) is 0 Å². The van der Waals surface area contributed by atoms with Crippen molar-refractivity contribution in [2.24, 2.45) is 0 Å². The minimum Gasteiger partial charge on any atom is -0.481 e. The van der Waals surface area contributed by atoms with E-state index in [1.165, 1.54) is 16.7 Å². The first-order chi connectivity index (χ1) is 11.0. The highest BCUT2D eigenvalue weighted by Crippen LogP contribution is 2.39. The number of carboxylic acid groups (broad SMARTS) is 1. The lowest BCUT2D eigenvalue weighted by atomic mass is 10.1. The highest BCUT2D eigenvalue weighted by atomic mass is 79.9. The Bertz CT molecular complexity index is 678. The van der Waals surface area contributed by atoms with Gasteiger partial charge in [-0.05, 0) is 48.0 Å². The molecule has 0 spiro atoms. The minimum absolute atomic E-state index is 0.113. The first kappa shape index (κ1) is 18.9. The van der Waals surface area contributed by atoms with E-state index in [4.69, 9.17) is 5.11 Å². The van der Waals surface area contributed by atoms with Crippen molar-refractivity contribution >= 4 is 61.4 Å². The topological polar surface area (TPSA) is 57.5 Å². The number of hydrogen-bond acceptors (Lipinski definition) is 4.